The number of ether oxygens (including phenoxy) is 1. The molecule has 0 aliphatic carbocycles. The quantitative estimate of drug-likeness (QED) is 0.597. The highest BCUT2D eigenvalue weighted by atomic mass is 16.5. The number of carboxylic acids is 1. The summed E-state index contributed by atoms with van der Waals surface area (Å²) in [6.07, 6.45) is 0.0746. The summed E-state index contributed by atoms with van der Waals surface area (Å²) in [6.45, 7) is 0. The first kappa shape index (κ1) is 19.8. The number of carboxylic acid groups (broad SMARTS) is 1. The summed E-state index contributed by atoms with van der Waals surface area (Å²) in [5, 5.41) is 13.3. The molecule has 0 fully saturated rings. The van der Waals surface area contributed by atoms with Gasteiger partial charge in [-0.05, 0) is 54.1 Å². The topological polar surface area (TPSA) is 95.5 Å². The number of carbonyl (C=O) groups excluding carboxylic acids is 3. The molecule has 0 radical (unpaired) electrons. The van der Waals surface area contributed by atoms with E-state index in [1.54, 1.807) is 24.3 Å². The Morgan fingerprint density at radius 3 is 1.93 bits per heavy atom. The van der Waals surface area contributed by atoms with E-state index in [4.69, 9.17) is 4.74 Å². The van der Waals surface area contributed by atoms with Crippen molar-refractivity contribution in [3.63, 3.8) is 0 Å². The van der Waals surface area contributed by atoms with Gasteiger partial charge in [0.15, 0.2) is 5.78 Å². The van der Waals surface area contributed by atoms with Crippen molar-refractivity contribution in [2.24, 2.45) is 0 Å². The molecular formula is C23H18NO5-. The zero-order valence-electron chi connectivity index (χ0n) is 15.5. The second-order valence-electron chi connectivity index (χ2n) is 6.28. The zero-order valence-corrected chi connectivity index (χ0v) is 15.5. The van der Waals surface area contributed by atoms with E-state index in [2.05, 4.69) is 5.32 Å². The molecule has 3 rings (SSSR count). The number of Topliss-reactive ketones (excluding diaryl/α,β-unsaturated/α-hetero) is 1. The standard InChI is InChI=1S/C23H19NO5/c25-21(14-15-22(26)24-18-10-6-17(7-11-18)23(27)28)16-8-12-20(13-9-16)29-19-4-2-1-3-5-19/h1-13H,14-15H2,(H,24,26)(H,27,28)/p-1. The first-order chi connectivity index (χ1) is 14.0. The van der Waals surface area contributed by atoms with Crippen LogP contribution in [0.4, 0.5) is 5.69 Å². The van der Waals surface area contributed by atoms with Crippen molar-refractivity contribution in [3.8, 4) is 11.5 Å². The van der Waals surface area contributed by atoms with Crippen LogP contribution in [0.5, 0.6) is 11.5 Å². The van der Waals surface area contributed by atoms with E-state index in [1.165, 1.54) is 24.3 Å². The van der Waals surface area contributed by atoms with Crippen LogP contribution in [-0.2, 0) is 4.79 Å². The zero-order chi connectivity index (χ0) is 20.6. The fourth-order valence-corrected chi connectivity index (χ4v) is 2.62. The van der Waals surface area contributed by atoms with E-state index < -0.39 is 5.97 Å². The average Bonchev–Trinajstić information content (AvgIpc) is 2.74. The van der Waals surface area contributed by atoms with Crippen molar-refractivity contribution < 1.29 is 24.2 Å². The van der Waals surface area contributed by atoms with Gasteiger partial charge in [0.1, 0.15) is 11.5 Å². The Balaban J connectivity index is 1.49. The number of hydrogen-bond acceptors (Lipinski definition) is 5. The molecule has 0 aromatic heterocycles. The van der Waals surface area contributed by atoms with Crippen LogP contribution in [0.2, 0.25) is 0 Å². The maximum Gasteiger partial charge on any atom is 0.224 e. The van der Waals surface area contributed by atoms with E-state index in [0.717, 1.165) is 0 Å². The van der Waals surface area contributed by atoms with Gasteiger partial charge in [-0.1, -0.05) is 30.3 Å². The fraction of sp³-hybridized carbons (Fsp3) is 0.0870. The second kappa shape index (κ2) is 9.32. The van der Waals surface area contributed by atoms with Gasteiger partial charge >= 0.3 is 0 Å². The molecule has 0 heterocycles. The number of rotatable bonds is 8. The lowest BCUT2D eigenvalue weighted by atomic mass is 10.1. The highest BCUT2D eigenvalue weighted by molar-refractivity contribution is 6.00. The summed E-state index contributed by atoms with van der Waals surface area (Å²) < 4.78 is 5.68. The van der Waals surface area contributed by atoms with Gasteiger partial charge in [-0.15, -0.1) is 0 Å². The summed E-state index contributed by atoms with van der Waals surface area (Å²) >= 11 is 0. The smallest absolute Gasteiger partial charge is 0.224 e. The van der Waals surface area contributed by atoms with Gasteiger partial charge < -0.3 is 20.0 Å². The predicted molar refractivity (Wildman–Crippen MR) is 106 cm³/mol. The number of para-hydroxylation sites is 1. The van der Waals surface area contributed by atoms with Crippen molar-refractivity contribution in [2.75, 3.05) is 5.32 Å². The summed E-state index contributed by atoms with van der Waals surface area (Å²) in [5.74, 6) is -0.447. The van der Waals surface area contributed by atoms with Crippen molar-refractivity contribution >= 4 is 23.3 Å². The van der Waals surface area contributed by atoms with Crippen LogP contribution in [0, 0.1) is 0 Å². The number of aromatic carboxylic acids is 1. The second-order valence-corrected chi connectivity index (χ2v) is 6.28. The molecule has 29 heavy (non-hydrogen) atoms. The lowest BCUT2D eigenvalue weighted by Crippen LogP contribution is -2.22. The van der Waals surface area contributed by atoms with Gasteiger partial charge in [0.25, 0.3) is 0 Å². The molecule has 1 amide bonds. The molecule has 3 aromatic rings. The molecule has 3 aromatic carbocycles. The molecule has 6 heteroatoms. The average molecular weight is 388 g/mol. The molecule has 0 aliphatic rings. The lowest BCUT2D eigenvalue weighted by Gasteiger charge is -2.08. The fourth-order valence-electron chi connectivity index (χ4n) is 2.62. The van der Waals surface area contributed by atoms with Gasteiger partial charge in [-0.2, -0.15) is 0 Å². The third kappa shape index (κ3) is 5.77. The van der Waals surface area contributed by atoms with Crippen LogP contribution in [0.3, 0.4) is 0 Å². The number of amides is 1. The number of hydrogen-bond donors (Lipinski definition) is 1. The number of ketones is 1. The monoisotopic (exact) mass is 388 g/mol. The summed E-state index contributed by atoms with van der Waals surface area (Å²) in [6, 6.07) is 21.7. The largest absolute Gasteiger partial charge is 0.545 e. The van der Waals surface area contributed by atoms with Crippen molar-refractivity contribution in [1.82, 2.24) is 0 Å². The van der Waals surface area contributed by atoms with E-state index in [1.807, 2.05) is 30.3 Å². The molecule has 0 spiro atoms. The molecule has 0 aliphatic heterocycles. The van der Waals surface area contributed by atoms with Gasteiger partial charge in [-0.3, -0.25) is 9.59 Å². The molecule has 6 nitrogen and oxygen atoms in total. The van der Waals surface area contributed by atoms with Crippen LogP contribution in [0.25, 0.3) is 0 Å². The van der Waals surface area contributed by atoms with Gasteiger partial charge in [-0.25, -0.2) is 0 Å². The Morgan fingerprint density at radius 1 is 0.724 bits per heavy atom. The predicted octanol–water partition coefficient (Wildman–Crippen LogP) is 3.44. The van der Waals surface area contributed by atoms with Gasteiger partial charge in [0.05, 0.1) is 5.97 Å². The third-order valence-electron chi connectivity index (χ3n) is 4.14. The van der Waals surface area contributed by atoms with E-state index >= 15 is 0 Å². The maximum atomic E-state index is 12.3. The van der Waals surface area contributed by atoms with Crippen LogP contribution < -0.4 is 15.2 Å². The molecular weight excluding hydrogens is 370 g/mol. The van der Waals surface area contributed by atoms with Crippen molar-refractivity contribution in [3.05, 3.63) is 90.0 Å². The number of nitrogens with one attached hydrogen (secondary N) is 1. The van der Waals surface area contributed by atoms with Gasteiger partial charge in [0, 0.05) is 24.1 Å². The van der Waals surface area contributed by atoms with E-state index in [-0.39, 0.29) is 30.1 Å². The minimum Gasteiger partial charge on any atom is -0.545 e. The molecule has 0 atom stereocenters. The van der Waals surface area contributed by atoms with Crippen LogP contribution >= 0.6 is 0 Å². The Hall–Kier alpha value is -3.93. The minimum absolute atomic E-state index is 0.0172. The van der Waals surface area contributed by atoms with Crippen LogP contribution in [-0.4, -0.2) is 17.7 Å². The van der Waals surface area contributed by atoms with Crippen LogP contribution in [0.1, 0.15) is 33.6 Å². The van der Waals surface area contributed by atoms with Crippen molar-refractivity contribution in [2.45, 2.75) is 12.8 Å². The number of anilines is 1. The van der Waals surface area contributed by atoms with Gasteiger partial charge in [0.2, 0.25) is 5.91 Å². The maximum absolute atomic E-state index is 12.3. The summed E-state index contributed by atoms with van der Waals surface area (Å²) in [5.41, 5.74) is 0.976. The van der Waals surface area contributed by atoms with E-state index in [0.29, 0.717) is 22.7 Å². The highest BCUT2D eigenvalue weighted by Gasteiger charge is 2.10. The molecule has 0 unspecified atom stereocenters. The lowest BCUT2D eigenvalue weighted by molar-refractivity contribution is -0.255. The van der Waals surface area contributed by atoms with Crippen LogP contribution in [0.15, 0.2) is 78.9 Å². The SMILES string of the molecule is O=C(CCC(=O)c1ccc(Oc2ccccc2)cc1)Nc1ccc(C(=O)[O-])cc1. The Kier molecular flexibility index (Phi) is 6.37. The molecule has 0 bridgehead atoms. The summed E-state index contributed by atoms with van der Waals surface area (Å²) in [4.78, 5) is 35.0. The first-order valence-electron chi connectivity index (χ1n) is 8.99. The van der Waals surface area contributed by atoms with E-state index in [9.17, 15) is 19.5 Å². The Bertz CT molecular complexity index is 996. The molecule has 0 saturated heterocycles. The molecule has 146 valence electrons. The molecule has 1 N–H and O–H groups in total. The third-order valence-corrected chi connectivity index (χ3v) is 4.14. The first-order valence-corrected chi connectivity index (χ1v) is 8.99. The number of carbonyl (C=O) groups is 3. The number of benzene rings is 3. The minimum atomic E-state index is -1.28. The molecule has 0 saturated carbocycles. The Labute approximate surface area is 167 Å². The van der Waals surface area contributed by atoms with Crippen molar-refractivity contribution in [1.29, 1.82) is 0 Å². The highest BCUT2D eigenvalue weighted by Crippen LogP contribution is 2.21. The summed E-state index contributed by atoms with van der Waals surface area (Å²) in [7, 11) is 0. The Morgan fingerprint density at radius 2 is 1.31 bits per heavy atom. The normalized spacial score (nSPS) is 10.2.